The number of nitrogens with zero attached hydrogens (tertiary/aromatic N) is 2. The molecule has 0 fully saturated rings. The lowest BCUT2D eigenvalue weighted by Gasteiger charge is -2.20. The molecule has 0 saturated heterocycles. The lowest BCUT2D eigenvalue weighted by molar-refractivity contribution is 0.423. The zero-order valence-corrected chi connectivity index (χ0v) is 12.5. The summed E-state index contributed by atoms with van der Waals surface area (Å²) in [5, 5.41) is 3.44. The maximum Gasteiger partial charge on any atom is 0.159 e. The molecule has 1 aromatic carbocycles. The molecule has 0 atom stereocenters. The van der Waals surface area contributed by atoms with E-state index in [-0.39, 0.29) is 10.6 Å². The minimum atomic E-state index is -0.443. The van der Waals surface area contributed by atoms with Crippen molar-refractivity contribution in [3.63, 3.8) is 0 Å². The van der Waals surface area contributed by atoms with Crippen molar-refractivity contribution < 1.29 is 4.39 Å². The van der Waals surface area contributed by atoms with Crippen LogP contribution in [0.5, 0.6) is 0 Å². The van der Waals surface area contributed by atoms with Crippen molar-refractivity contribution in [1.82, 2.24) is 15.3 Å². The number of benzene rings is 1. The Morgan fingerprint density at radius 2 is 1.85 bits per heavy atom. The molecule has 0 unspecified atom stereocenters. The maximum absolute atomic E-state index is 13.1. The molecule has 2 rings (SSSR count). The molecule has 5 heteroatoms. The van der Waals surface area contributed by atoms with Crippen LogP contribution in [0.1, 0.15) is 26.3 Å². The first kappa shape index (κ1) is 14.9. The first-order valence-corrected chi connectivity index (χ1v) is 6.74. The SMILES string of the molecule is CC(C)(C)NCc1cnc(-c2ccc(F)c(Cl)c2)nc1. The third-order valence-corrected chi connectivity index (χ3v) is 3.00. The maximum atomic E-state index is 13.1. The molecule has 20 heavy (non-hydrogen) atoms. The zero-order valence-electron chi connectivity index (χ0n) is 11.7. The normalized spacial score (nSPS) is 11.7. The number of nitrogens with one attached hydrogen (secondary N) is 1. The second kappa shape index (κ2) is 5.85. The van der Waals surface area contributed by atoms with E-state index >= 15 is 0 Å². The van der Waals surface area contributed by atoms with Gasteiger partial charge in [-0.05, 0) is 39.0 Å². The fourth-order valence-corrected chi connectivity index (χ4v) is 1.78. The fourth-order valence-electron chi connectivity index (χ4n) is 1.60. The molecule has 0 saturated carbocycles. The molecule has 0 spiro atoms. The molecule has 0 radical (unpaired) electrons. The largest absolute Gasteiger partial charge is 0.308 e. The van der Waals surface area contributed by atoms with Crippen molar-refractivity contribution in [2.75, 3.05) is 0 Å². The van der Waals surface area contributed by atoms with Gasteiger partial charge in [0.15, 0.2) is 5.82 Å². The van der Waals surface area contributed by atoms with Crippen LogP contribution in [0, 0.1) is 5.82 Å². The first-order valence-electron chi connectivity index (χ1n) is 6.36. The Balaban J connectivity index is 2.13. The van der Waals surface area contributed by atoms with Gasteiger partial charge in [-0.3, -0.25) is 0 Å². The average molecular weight is 294 g/mol. The third kappa shape index (κ3) is 3.99. The van der Waals surface area contributed by atoms with E-state index in [1.807, 2.05) is 0 Å². The summed E-state index contributed by atoms with van der Waals surface area (Å²) in [5.41, 5.74) is 1.74. The van der Waals surface area contributed by atoms with Crippen molar-refractivity contribution in [1.29, 1.82) is 0 Å². The minimum Gasteiger partial charge on any atom is -0.308 e. The molecule has 0 aliphatic rings. The van der Waals surface area contributed by atoms with Gasteiger partial charge in [-0.15, -0.1) is 0 Å². The predicted octanol–water partition coefficient (Wildman–Crippen LogP) is 3.82. The summed E-state index contributed by atoms with van der Waals surface area (Å²) < 4.78 is 13.1. The van der Waals surface area contributed by atoms with Gasteiger partial charge in [-0.1, -0.05) is 11.6 Å². The van der Waals surface area contributed by atoms with E-state index in [0.717, 1.165) is 5.56 Å². The summed E-state index contributed by atoms with van der Waals surface area (Å²) in [7, 11) is 0. The van der Waals surface area contributed by atoms with E-state index < -0.39 is 5.82 Å². The van der Waals surface area contributed by atoms with Crippen LogP contribution in [0.15, 0.2) is 30.6 Å². The summed E-state index contributed by atoms with van der Waals surface area (Å²) >= 11 is 5.75. The Bertz CT molecular complexity index is 591. The zero-order chi connectivity index (χ0) is 14.8. The van der Waals surface area contributed by atoms with Gasteiger partial charge in [-0.25, -0.2) is 14.4 Å². The Morgan fingerprint density at radius 1 is 1.20 bits per heavy atom. The Hall–Kier alpha value is -1.52. The molecule has 2 aromatic rings. The fraction of sp³-hybridized carbons (Fsp3) is 0.333. The van der Waals surface area contributed by atoms with Crippen LogP contribution < -0.4 is 5.32 Å². The molecule has 0 aliphatic carbocycles. The Kier molecular flexibility index (Phi) is 4.35. The second-order valence-electron chi connectivity index (χ2n) is 5.65. The molecule has 0 amide bonds. The second-order valence-corrected chi connectivity index (χ2v) is 6.05. The summed E-state index contributed by atoms with van der Waals surface area (Å²) in [6.07, 6.45) is 3.52. The molecule has 106 valence electrons. The van der Waals surface area contributed by atoms with Gasteiger partial charge in [0.1, 0.15) is 5.82 Å². The van der Waals surface area contributed by atoms with Crippen LogP contribution >= 0.6 is 11.6 Å². The van der Waals surface area contributed by atoms with Crippen molar-refractivity contribution in [3.8, 4) is 11.4 Å². The smallest absolute Gasteiger partial charge is 0.159 e. The number of hydrogen-bond acceptors (Lipinski definition) is 3. The number of aromatic nitrogens is 2. The van der Waals surface area contributed by atoms with Crippen molar-refractivity contribution in [2.24, 2.45) is 0 Å². The highest BCUT2D eigenvalue weighted by atomic mass is 35.5. The molecule has 3 nitrogen and oxygen atoms in total. The molecule has 0 bridgehead atoms. The van der Waals surface area contributed by atoms with E-state index in [1.165, 1.54) is 12.1 Å². The van der Waals surface area contributed by atoms with Crippen molar-refractivity contribution in [2.45, 2.75) is 32.9 Å². The van der Waals surface area contributed by atoms with Crippen LogP contribution in [0.2, 0.25) is 5.02 Å². The van der Waals surface area contributed by atoms with E-state index in [0.29, 0.717) is 17.9 Å². The van der Waals surface area contributed by atoms with Crippen LogP contribution in [0.3, 0.4) is 0 Å². The van der Waals surface area contributed by atoms with Gasteiger partial charge in [0, 0.05) is 35.6 Å². The van der Waals surface area contributed by atoms with Crippen LogP contribution in [0.4, 0.5) is 4.39 Å². The highest BCUT2D eigenvalue weighted by molar-refractivity contribution is 6.31. The summed E-state index contributed by atoms with van der Waals surface area (Å²) in [6.45, 7) is 7.00. The van der Waals surface area contributed by atoms with Gasteiger partial charge in [0.2, 0.25) is 0 Å². The average Bonchev–Trinajstić information content (AvgIpc) is 2.39. The van der Waals surface area contributed by atoms with Crippen molar-refractivity contribution in [3.05, 3.63) is 47.0 Å². The van der Waals surface area contributed by atoms with Gasteiger partial charge in [-0.2, -0.15) is 0 Å². The highest BCUT2D eigenvalue weighted by Gasteiger charge is 2.09. The molecule has 1 heterocycles. The summed E-state index contributed by atoms with van der Waals surface area (Å²) in [5.74, 6) is 0.0906. The standard InChI is InChI=1S/C15H17ClFN3/c1-15(2,3)20-9-10-7-18-14(19-8-10)11-4-5-13(17)12(16)6-11/h4-8,20H,9H2,1-3H3. The molecule has 0 aliphatic heterocycles. The Labute approximate surface area is 123 Å². The van der Waals surface area contributed by atoms with E-state index in [2.05, 4.69) is 36.1 Å². The highest BCUT2D eigenvalue weighted by Crippen LogP contribution is 2.22. The van der Waals surface area contributed by atoms with Gasteiger partial charge >= 0.3 is 0 Å². The van der Waals surface area contributed by atoms with Crippen LogP contribution in [0.25, 0.3) is 11.4 Å². The molecular weight excluding hydrogens is 277 g/mol. The monoisotopic (exact) mass is 293 g/mol. The van der Waals surface area contributed by atoms with Crippen molar-refractivity contribution >= 4 is 11.6 Å². The quantitative estimate of drug-likeness (QED) is 0.935. The lowest BCUT2D eigenvalue weighted by atomic mass is 10.1. The molecular formula is C15H17ClFN3. The number of halogens is 2. The molecule has 1 aromatic heterocycles. The van der Waals surface area contributed by atoms with Gasteiger partial charge < -0.3 is 5.32 Å². The van der Waals surface area contributed by atoms with E-state index in [1.54, 1.807) is 18.5 Å². The summed E-state index contributed by atoms with van der Waals surface area (Å²) in [4.78, 5) is 8.58. The third-order valence-electron chi connectivity index (χ3n) is 2.71. The minimum absolute atomic E-state index is 0.0448. The topological polar surface area (TPSA) is 37.8 Å². The van der Waals surface area contributed by atoms with Crippen LogP contribution in [-0.2, 0) is 6.54 Å². The van der Waals surface area contributed by atoms with E-state index in [9.17, 15) is 4.39 Å². The van der Waals surface area contributed by atoms with Crippen LogP contribution in [-0.4, -0.2) is 15.5 Å². The lowest BCUT2D eigenvalue weighted by Crippen LogP contribution is -2.35. The number of hydrogen-bond donors (Lipinski definition) is 1. The van der Waals surface area contributed by atoms with E-state index in [4.69, 9.17) is 11.6 Å². The summed E-state index contributed by atoms with van der Waals surface area (Å²) in [6, 6.07) is 4.46. The number of rotatable bonds is 3. The predicted molar refractivity (Wildman–Crippen MR) is 79.0 cm³/mol. The molecule has 1 N–H and O–H groups in total. The Morgan fingerprint density at radius 3 is 2.40 bits per heavy atom. The van der Waals surface area contributed by atoms with Gasteiger partial charge in [0.05, 0.1) is 5.02 Å². The first-order chi connectivity index (χ1) is 9.35. The van der Waals surface area contributed by atoms with Gasteiger partial charge in [0.25, 0.3) is 0 Å².